The number of anilines is 1. The van der Waals surface area contributed by atoms with Crippen LogP contribution in [-0.2, 0) is 12.7 Å². The van der Waals surface area contributed by atoms with Crippen molar-refractivity contribution in [1.29, 1.82) is 0 Å². The molecule has 5 rings (SSSR count). The number of nitrogens with one attached hydrogen (secondary N) is 1. The summed E-state index contributed by atoms with van der Waals surface area (Å²) >= 11 is 6.37. The van der Waals surface area contributed by atoms with Gasteiger partial charge in [0.15, 0.2) is 17.0 Å². The lowest BCUT2D eigenvalue weighted by Gasteiger charge is -2.11. The largest absolute Gasteiger partial charge is 0.497 e. The zero-order chi connectivity index (χ0) is 26.2. The summed E-state index contributed by atoms with van der Waals surface area (Å²) in [6, 6.07) is 16.0. The Morgan fingerprint density at radius 2 is 1.92 bits per heavy atom. The summed E-state index contributed by atoms with van der Waals surface area (Å²) in [6.45, 7) is 0.470. The third-order valence-corrected chi connectivity index (χ3v) is 5.84. The Bertz CT molecular complexity index is 1600. The molecule has 5 aromatic rings. The van der Waals surface area contributed by atoms with Crippen LogP contribution >= 0.6 is 11.6 Å². The number of rotatable bonds is 6. The van der Waals surface area contributed by atoms with Gasteiger partial charge >= 0.3 is 6.18 Å². The number of fused-ring (bicyclic) bond motifs is 1. The summed E-state index contributed by atoms with van der Waals surface area (Å²) in [6.07, 6.45) is -1.34. The molecule has 37 heavy (non-hydrogen) atoms. The molecule has 8 nitrogen and oxygen atoms in total. The third-order valence-electron chi connectivity index (χ3n) is 5.49. The van der Waals surface area contributed by atoms with Crippen LogP contribution < -0.4 is 10.1 Å². The second-order valence-corrected chi connectivity index (χ2v) is 8.39. The van der Waals surface area contributed by atoms with Crippen LogP contribution in [0.4, 0.5) is 18.9 Å². The minimum absolute atomic E-state index is 0.00111. The zero-order valence-corrected chi connectivity index (χ0v) is 20.0. The quantitative estimate of drug-likeness (QED) is 0.312. The fourth-order valence-electron chi connectivity index (χ4n) is 3.79. The third kappa shape index (κ3) is 4.98. The average molecular weight is 527 g/mol. The van der Waals surface area contributed by atoms with Crippen LogP contribution in [0.2, 0.25) is 5.02 Å². The molecule has 188 valence electrons. The molecule has 3 heterocycles. The number of carbonyl (C=O) groups is 1. The highest BCUT2D eigenvalue weighted by molar-refractivity contribution is 6.37. The first kappa shape index (κ1) is 24.3. The van der Waals surface area contributed by atoms with Gasteiger partial charge in [-0.15, -0.1) is 0 Å². The average Bonchev–Trinajstić information content (AvgIpc) is 3.51. The van der Waals surface area contributed by atoms with Gasteiger partial charge in [0, 0.05) is 23.6 Å². The minimum atomic E-state index is -4.79. The monoisotopic (exact) mass is 526 g/mol. The Morgan fingerprint density at radius 3 is 2.65 bits per heavy atom. The summed E-state index contributed by atoms with van der Waals surface area (Å²) in [7, 11) is 1.45. The molecule has 0 fully saturated rings. The second-order valence-electron chi connectivity index (χ2n) is 8.01. The van der Waals surface area contributed by atoms with Crippen LogP contribution in [0.15, 0.2) is 73.1 Å². The minimum Gasteiger partial charge on any atom is -0.497 e. The molecule has 0 aliphatic heterocycles. The molecule has 3 aromatic heterocycles. The lowest BCUT2D eigenvalue weighted by Crippen LogP contribution is -2.16. The van der Waals surface area contributed by atoms with Crippen molar-refractivity contribution in [3.05, 3.63) is 95.0 Å². The highest BCUT2D eigenvalue weighted by Crippen LogP contribution is 2.35. The van der Waals surface area contributed by atoms with Gasteiger partial charge in [0.2, 0.25) is 0 Å². The van der Waals surface area contributed by atoms with Gasteiger partial charge in [0.25, 0.3) is 5.91 Å². The predicted octanol–water partition coefficient (Wildman–Crippen LogP) is 5.57. The van der Waals surface area contributed by atoms with Crippen LogP contribution in [0.3, 0.4) is 0 Å². The molecule has 0 aliphatic carbocycles. The number of carbonyl (C=O) groups excluding carboxylic acids is 1. The van der Waals surface area contributed by atoms with E-state index in [1.807, 2.05) is 6.07 Å². The van der Waals surface area contributed by atoms with Gasteiger partial charge in [0.05, 0.1) is 19.3 Å². The molecule has 0 saturated heterocycles. The van der Waals surface area contributed by atoms with E-state index in [2.05, 4.69) is 20.5 Å². The van der Waals surface area contributed by atoms with Crippen molar-refractivity contribution in [3.8, 4) is 17.0 Å². The summed E-state index contributed by atoms with van der Waals surface area (Å²) in [5.41, 5.74) is -0.164. The maximum atomic E-state index is 14.0. The number of ether oxygens (including phenoxy) is 1. The number of hydrogen-bond acceptors (Lipinski definition) is 5. The van der Waals surface area contributed by atoms with Gasteiger partial charge in [-0.05, 0) is 42.0 Å². The standard InChI is InChI=1S/C25H18ClF3N6O2/c1-37-18-8-3-6-16(12-18)19-13-20(25(27,28)29)35-23(32-19)21(26)22(33-35)24(36)31-17-7-2-5-15(11-17)14-34-10-4-9-30-34/h2-13H,14H2,1H3,(H,31,36). The first-order valence-corrected chi connectivity index (χ1v) is 11.3. The molecule has 0 saturated carbocycles. The SMILES string of the molecule is COc1cccc(-c2cc(C(F)(F)F)n3nc(C(=O)Nc4cccc(Cn5cccn5)c4)c(Cl)c3n2)c1. The maximum Gasteiger partial charge on any atom is 0.433 e. The van der Waals surface area contributed by atoms with E-state index in [0.29, 0.717) is 28.1 Å². The zero-order valence-electron chi connectivity index (χ0n) is 19.2. The number of halogens is 4. The Balaban J connectivity index is 1.52. The number of amides is 1. The Labute approximate surface area is 213 Å². The number of hydrogen-bond donors (Lipinski definition) is 1. The molecule has 1 N–H and O–H groups in total. The van der Waals surface area contributed by atoms with E-state index in [9.17, 15) is 18.0 Å². The van der Waals surface area contributed by atoms with Crippen molar-refractivity contribution in [2.75, 3.05) is 12.4 Å². The molecule has 0 aliphatic rings. The molecule has 0 bridgehead atoms. The molecule has 0 radical (unpaired) electrons. The summed E-state index contributed by atoms with van der Waals surface area (Å²) in [5, 5.41) is 10.4. The molecule has 1 amide bonds. The maximum absolute atomic E-state index is 14.0. The van der Waals surface area contributed by atoms with Crippen molar-refractivity contribution in [1.82, 2.24) is 24.4 Å². The van der Waals surface area contributed by atoms with Gasteiger partial charge in [-0.25, -0.2) is 9.50 Å². The van der Waals surface area contributed by atoms with E-state index in [1.165, 1.54) is 7.11 Å². The summed E-state index contributed by atoms with van der Waals surface area (Å²) in [5.74, 6) is -0.329. The fraction of sp³-hybridized carbons (Fsp3) is 0.120. The van der Waals surface area contributed by atoms with Crippen molar-refractivity contribution < 1.29 is 22.7 Å². The van der Waals surface area contributed by atoms with E-state index in [0.717, 1.165) is 11.6 Å². The topological polar surface area (TPSA) is 86.3 Å². The van der Waals surface area contributed by atoms with Crippen molar-refractivity contribution in [3.63, 3.8) is 0 Å². The van der Waals surface area contributed by atoms with Crippen molar-refractivity contribution in [2.24, 2.45) is 0 Å². The molecule has 0 unspecified atom stereocenters. The number of methoxy groups -OCH3 is 1. The van der Waals surface area contributed by atoms with Gasteiger partial charge < -0.3 is 10.1 Å². The molecular formula is C25H18ClF3N6O2. The normalized spacial score (nSPS) is 11.6. The Hall–Kier alpha value is -4.38. The van der Waals surface area contributed by atoms with Gasteiger partial charge in [-0.2, -0.15) is 23.4 Å². The summed E-state index contributed by atoms with van der Waals surface area (Å²) < 4.78 is 49.4. The number of aromatic nitrogens is 5. The summed E-state index contributed by atoms with van der Waals surface area (Å²) in [4.78, 5) is 17.3. The van der Waals surface area contributed by atoms with E-state index in [1.54, 1.807) is 65.6 Å². The van der Waals surface area contributed by atoms with Crippen LogP contribution in [0.1, 0.15) is 21.7 Å². The predicted molar refractivity (Wildman–Crippen MR) is 131 cm³/mol. The van der Waals surface area contributed by atoms with Crippen LogP contribution in [0.25, 0.3) is 16.9 Å². The highest BCUT2D eigenvalue weighted by atomic mass is 35.5. The molecule has 0 spiro atoms. The van der Waals surface area contributed by atoms with E-state index >= 15 is 0 Å². The Kier molecular flexibility index (Phi) is 6.30. The fourth-order valence-corrected chi connectivity index (χ4v) is 4.03. The van der Waals surface area contributed by atoms with E-state index < -0.39 is 17.8 Å². The first-order valence-electron chi connectivity index (χ1n) is 10.9. The van der Waals surface area contributed by atoms with Crippen molar-refractivity contribution >= 4 is 28.8 Å². The van der Waals surface area contributed by atoms with E-state index in [-0.39, 0.29) is 22.1 Å². The Morgan fingerprint density at radius 1 is 1.11 bits per heavy atom. The smallest absolute Gasteiger partial charge is 0.433 e. The van der Waals surface area contributed by atoms with Crippen LogP contribution in [0.5, 0.6) is 5.75 Å². The van der Waals surface area contributed by atoms with E-state index in [4.69, 9.17) is 16.3 Å². The number of nitrogens with zero attached hydrogens (tertiary/aromatic N) is 5. The molecular weight excluding hydrogens is 509 g/mol. The van der Waals surface area contributed by atoms with Gasteiger partial charge in [-0.1, -0.05) is 35.9 Å². The number of benzene rings is 2. The van der Waals surface area contributed by atoms with Crippen LogP contribution in [0, 0.1) is 0 Å². The van der Waals surface area contributed by atoms with Crippen molar-refractivity contribution in [2.45, 2.75) is 12.7 Å². The molecule has 2 aromatic carbocycles. The van der Waals surface area contributed by atoms with Gasteiger partial charge in [-0.3, -0.25) is 9.48 Å². The lowest BCUT2D eigenvalue weighted by atomic mass is 10.1. The first-order chi connectivity index (χ1) is 17.7. The molecule has 12 heteroatoms. The van der Waals surface area contributed by atoms with Gasteiger partial charge in [0.1, 0.15) is 10.8 Å². The highest BCUT2D eigenvalue weighted by Gasteiger charge is 2.36. The van der Waals surface area contributed by atoms with Crippen LogP contribution in [-0.4, -0.2) is 37.4 Å². The second kappa shape index (κ2) is 9.58. The molecule has 0 atom stereocenters. The lowest BCUT2D eigenvalue weighted by molar-refractivity contribution is -0.142. The number of alkyl halides is 3.